The van der Waals surface area contributed by atoms with Gasteiger partial charge in [-0.05, 0) is 36.4 Å². The van der Waals surface area contributed by atoms with Crippen LogP contribution in [0.4, 0.5) is 0 Å². The lowest BCUT2D eigenvalue weighted by molar-refractivity contribution is 0.0719. The summed E-state index contributed by atoms with van der Waals surface area (Å²) in [6.07, 6.45) is 0. The molecule has 0 N–H and O–H groups in total. The molecule has 0 aliphatic carbocycles. The minimum absolute atomic E-state index is 0.205. The molecule has 5 nitrogen and oxygen atoms in total. The fourth-order valence-corrected chi connectivity index (χ4v) is 2.66. The number of rotatable bonds is 4. The van der Waals surface area contributed by atoms with E-state index in [2.05, 4.69) is 5.10 Å². The summed E-state index contributed by atoms with van der Waals surface area (Å²) in [6, 6.07) is 15.9. The van der Waals surface area contributed by atoms with Crippen LogP contribution >= 0.6 is 11.6 Å². The summed E-state index contributed by atoms with van der Waals surface area (Å²) >= 11 is 5.99. The molecule has 0 bridgehead atoms. The van der Waals surface area contributed by atoms with Gasteiger partial charge in [0.2, 0.25) is 5.88 Å². The predicted molar refractivity (Wildman–Crippen MR) is 105 cm³/mol. The van der Waals surface area contributed by atoms with Gasteiger partial charge in [0, 0.05) is 16.5 Å². The molecular formula is C21H21ClN2O3. The smallest absolute Gasteiger partial charge is 0.348 e. The van der Waals surface area contributed by atoms with Crippen molar-refractivity contribution in [2.75, 3.05) is 7.11 Å². The Hall–Kier alpha value is -2.79. The molecule has 1 heterocycles. The SMILES string of the molecule is COc1ccccc1C(=O)Oc1cc(C(C)(C)C)nn1-c1ccc(Cl)cc1. The van der Waals surface area contributed by atoms with Gasteiger partial charge in [0.1, 0.15) is 11.3 Å². The molecule has 0 atom stereocenters. The fourth-order valence-electron chi connectivity index (χ4n) is 2.53. The van der Waals surface area contributed by atoms with Gasteiger partial charge in [-0.15, -0.1) is 0 Å². The Balaban J connectivity index is 2.02. The third-order valence-corrected chi connectivity index (χ3v) is 4.29. The fraction of sp³-hybridized carbons (Fsp3) is 0.238. The van der Waals surface area contributed by atoms with Crippen molar-refractivity contribution in [2.24, 2.45) is 0 Å². The van der Waals surface area contributed by atoms with Crippen molar-refractivity contribution in [1.29, 1.82) is 0 Å². The Bertz CT molecular complexity index is 956. The summed E-state index contributed by atoms with van der Waals surface area (Å²) in [5.41, 5.74) is 1.70. The topological polar surface area (TPSA) is 53.4 Å². The molecule has 27 heavy (non-hydrogen) atoms. The van der Waals surface area contributed by atoms with Gasteiger partial charge in [0.25, 0.3) is 0 Å². The van der Waals surface area contributed by atoms with E-state index in [1.807, 2.05) is 32.9 Å². The van der Waals surface area contributed by atoms with Crippen molar-refractivity contribution < 1.29 is 14.3 Å². The number of para-hydroxylation sites is 1. The van der Waals surface area contributed by atoms with E-state index >= 15 is 0 Å². The number of nitrogens with zero attached hydrogens (tertiary/aromatic N) is 2. The highest BCUT2D eigenvalue weighted by atomic mass is 35.5. The molecular weight excluding hydrogens is 364 g/mol. The zero-order chi connectivity index (χ0) is 19.6. The number of methoxy groups -OCH3 is 1. The standard InChI is InChI=1S/C21H21ClN2O3/c1-21(2,3)18-13-19(24(23-18)15-11-9-14(22)10-12-15)27-20(25)16-7-5-6-8-17(16)26-4/h5-13H,1-4H3. The van der Waals surface area contributed by atoms with Crippen molar-refractivity contribution in [3.05, 3.63) is 70.9 Å². The molecule has 0 unspecified atom stereocenters. The van der Waals surface area contributed by atoms with Crippen molar-refractivity contribution in [3.8, 4) is 17.3 Å². The first kappa shape index (κ1) is 19.0. The highest BCUT2D eigenvalue weighted by molar-refractivity contribution is 6.30. The van der Waals surface area contributed by atoms with Crippen LogP contribution in [0.3, 0.4) is 0 Å². The Kier molecular flexibility index (Phi) is 5.24. The van der Waals surface area contributed by atoms with Crippen molar-refractivity contribution in [2.45, 2.75) is 26.2 Å². The van der Waals surface area contributed by atoms with Gasteiger partial charge in [-0.1, -0.05) is 44.5 Å². The van der Waals surface area contributed by atoms with Gasteiger partial charge in [0.15, 0.2) is 0 Å². The first-order valence-corrected chi connectivity index (χ1v) is 8.89. The van der Waals surface area contributed by atoms with E-state index in [4.69, 9.17) is 21.1 Å². The average Bonchev–Trinajstić information content (AvgIpc) is 3.06. The van der Waals surface area contributed by atoms with Gasteiger partial charge >= 0.3 is 5.97 Å². The minimum atomic E-state index is -0.511. The van der Waals surface area contributed by atoms with Crippen LogP contribution in [0.25, 0.3) is 5.69 Å². The van der Waals surface area contributed by atoms with E-state index in [0.717, 1.165) is 11.4 Å². The lowest BCUT2D eigenvalue weighted by atomic mass is 9.93. The molecule has 1 aromatic heterocycles. The number of benzene rings is 2. The number of hydrogen-bond donors (Lipinski definition) is 0. The van der Waals surface area contributed by atoms with Crippen molar-refractivity contribution >= 4 is 17.6 Å². The Labute approximate surface area is 163 Å². The van der Waals surface area contributed by atoms with Crippen LogP contribution in [0, 0.1) is 0 Å². The quantitative estimate of drug-likeness (QED) is 0.590. The number of carbonyl (C=O) groups excluding carboxylic acids is 1. The number of aromatic nitrogens is 2. The predicted octanol–water partition coefficient (Wildman–Crippen LogP) is 5.05. The second-order valence-electron chi connectivity index (χ2n) is 7.10. The maximum atomic E-state index is 12.7. The van der Waals surface area contributed by atoms with Crippen LogP contribution in [-0.4, -0.2) is 22.9 Å². The molecule has 0 saturated heterocycles. The van der Waals surface area contributed by atoms with Gasteiger partial charge in [-0.3, -0.25) is 0 Å². The monoisotopic (exact) mass is 384 g/mol. The summed E-state index contributed by atoms with van der Waals surface area (Å²) in [6.45, 7) is 6.15. The molecule has 0 saturated carbocycles. The van der Waals surface area contributed by atoms with Gasteiger partial charge in [-0.25, -0.2) is 9.48 Å². The van der Waals surface area contributed by atoms with E-state index in [9.17, 15) is 4.79 Å². The molecule has 0 radical (unpaired) electrons. The van der Waals surface area contributed by atoms with Crippen LogP contribution in [0.2, 0.25) is 5.02 Å². The molecule has 140 valence electrons. The van der Waals surface area contributed by atoms with Crippen LogP contribution in [0.5, 0.6) is 11.6 Å². The van der Waals surface area contributed by atoms with Crippen LogP contribution in [0.15, 0.2) is 54.6 Å². The second-order valence-corrected chi connectivity index (χ2v) is 7.53. The van der Waals surface area contributed by atoms with Crippen LogP contribution in [-0.2, 0) is 5.41 Å². The highest BCUT2D eigenvalue weighted by Gasteiger charge is 2.24. The zero-order valence-corrected chi connectivity index (χ0v) is 16.4. The molecule has 3 aromatic rings. The molecule has 0 amide bonds. The van der Waals surface area contributed by atoms with E-state index in [1.54, 1.807) is 47.1 Å². The first-order chi connectivity index (χ1) is 12.8. The minimum Gasteiger partial charge on any atom is -0.496 e. The number of esters is 1. The van der Waals surface area contributed by atoms with Gasteiger partial charge in [-0.2, -0.15) is 5.10 Å². The Morgan fingerprint density at radius 2 is 1.74 bits per heavy atom. The Morgan fingerprint density at radius 1 is 1.07 bits per heavy atom. The maximum absolute atomic E-state index is 12.7. The molecule has 0 spiro atoms. The molecule has 0 aliphatic heterocycles. The molecule has 0 aliphatic rings. The summed E-state index contributed by atoms with van der Waals surface area (Å²) in [5, 5.41) is 5.26. The van der Waals surface area contributed by atoms with Crippen molar-refractivity contribution in [3.63, 3.8) is 0 Å². The lowest BCUT2D eigenvalue weighted by Crippen LogP contribution is -2.13. The number of hydrogen-bond acceptors (Lipinski definition) is 4. The summed E-state index contributed by atoms with van der Waals surface area (Å²) in [7, 11) is 1.52. The van der Waals surface area contributed by atoms with E-state index in [1.165, 1.54) is 7.11 Å². The van der Waals surface area contributed by atoms with E-state index in [0.29, 0.717) is 22.2 Å². The van der Waals surface area contributed by atoms with E-state index in [-0.39, 0.29) is 5.41 Å². The van der Waals surface area contributed by atoms with Crippen LogP contribution < -0.4 is 9.47 Å². The molecule has 2 aromatic carbocycles. The molecule has 3 rings (SSSR count). The average molecular weight is 385 g/mol. The largest absolute Gasteiger partial charge is 0.496 e. The number of halogens is 1. The summed E-state index contributed by atoms with van der Waals surface area (Å²) < 4.78 is 12.5. The first-order valence-electron chi connectivity index (χ1n) is 8.51. The molecule has 0 fully saturated rings. The van der Waals surface area contributed by atoms with Crippen molar-refractivity contribution in [1.82, 2.24) is 9.78 Å². The number of ether oxygens (including phenoxy) is 2. The normalized spacial score (nSPS) is 11.3. The molecule has 6 heteroatoms. The van der Waals surface area contributed by atoms with Gasteiger partial charge in [0.05, 0.1) is 18.5 Å². The Morgan fingerprint density at radius 3 is 2.37 bits per heavy atom. The van der Waals surface area contributed by atoms with Crippen LogP contribution in [0.1, 0.15) is 36.8 Å². The third-order valence-electron chi connectivity index (χ3n) is 4.04. The summed E-state index contributed by atoms with van der Waals surface area (Å²) in [5.74, 6) is 0.275. The van der Waals surface area contributed by atoms with Gasteiger partial charge < -0.3 is 9.47 Å². The second kappa shape index (κ2) is 7.45. The lowest BCUT2D eigenvalue weighted by Gasteiger charge is -2.13. The van der Waals surface area contributed by atoms with E-state index < -0.39 is 5.97 Å². The summed E-state index contributed by atoms with van der Waals surface area (Å²) in [4.78, 5) is 12.7. The zero-order valence-electron chi connectivity index (χ0n) is 15.7. The maximum Gasteiger partial charge on any atom is 0.348 e. The number of carbonyl (C=O) groups is 1. The third kappa shape index (κ3) is 4.14. The highest BCUT2D eigenvalue weighted by Crippen LogP contribution is 2.29.